The van der Waals surface area contributed by atoms with Gasteiger partial charge in [-0.25, -0.2) is 13.8 Å². The highest BCUT2D eigenvalue weighted by Gasteiger charge is 2.31. The molecule has 6 rings (SSSR count). The van der Waals surface area contributed by atoms with E-state index in [1.54, 1.807) is 17.7 Å². The summed E-state index contributed by atoms with van der Waals surface area (Å²) in [5, 5.41) is 25.8. The summed E-state index contributed by atoms with van der Waals surface area (Å²) in [6.07, 6.45) is 4.43. The number of rotatable bonds is 9. The van der Waals surface area contributed by atoms with Crippen LogP contribution in [0.3, 0.4) is 0 Å². The summed E-state index contributed by atoms with van der Waals surface area (Å²) in [5.74, 6) is -1.99. The van der Waals surface area contributed by atoms with Gasteiger partial charge < -0.3 is 15.2 Å². The minimum Gasteiger partial charge on any atom is -0.490 e. The molecule has 0 bridgehead atoms. The van der Waals surface area contributed by atoms with E-state index in [-0.39, 0.29) is 23.8 Å². The number of ether oxygens (including phenoxy) is 1. The van der Waals surface area contributed by atoms with Crippen molar-refractivity contribution in [1.82, 2.24) is 30.3 Å². The lowest BCUT2D eigenvalue weighted by molar-refractivity contribution is -0.117. The van der Waals surface area contributed by atoms with Gasteiger partial charge in [0.05, 0.1) is 40.3 Å². The quantitative estimate of drug-likeness (QED) is 0.191. The van der Waals surface area contributed by atoms with E-state index in [9.17, 15) is 14.3 Å². The van der Waals surface area contributed by atoms with E-state index in [1.165, 1.54) is 13.0 Å². The molecule has 1 aliphatic rings. The lowest BCUT2D eigenvalue weighted by atomic mass is 9.90. The zero-order chi connectivity index (χ0) is 31.1. The second-order valence-corrected chi connectivity index (χ2v) is 11.1. The van der Waals surface area contributed by atoms with Crippen LogP contribution in [0.1, 0.15) is 43.1 Å². The van der Waals surface area contributed by atoms with Crippen LogP contribution in [0.4, 0.5) is 8.78 Å². The first-order valence-corrected chi connectivity index (χ1v) is 14.4. The van der Waals surface area contributed by atoms with Gasteiger partial charge in [-0.2, -0.15) is 10.2 Å². The molecule has 2 atom stereocenters. The van der Waals surface area contributed by atoms with Crippen LogP contribution in [0.5, 0.6) is 5.75 Å². The molecule has 3 aromatic heterocycles. The molecule has 0 fully saturated rings. The van der Waals surface area contributed by atoms with Crippen LogP contribution in [-0.4, -0.2) is 48.7 Å². The molecule has 2 aromatic carbocycles. The number of aliphatic hydroxyl groups excluding tert-OH is 1. The van der Waals surface area contributed by atoms with E-state index in [0.717, 1.165) is 51.8 Å². The minimum absolute atomic E-state index is 0.0365. The number of amides is 1. The number of hydrogen-bond acceptors (Lipinski definition) is 6. The summed E-state index contributed by atoms with van der Waals surface area (Å²) in [6.45, 7) is 6.67. The van der Waals surface area contributed by atoms with E-state index in [0.29, 0.717) is 35.5 Å². The van der Waals surface area contributed by atoms with Crippen molar-refractivity contribution in [2.75, 3.05) is 6.61 Å². The number of aromatic nitrogens is 5. The smallest absolute Gasteiger partial charge is 0.243 e. The standard InChI is InChI=1S/C33H32F2N6O3/c1-5-29(43)36-18(3)25-14-27(39-38-25)33-30(31-24(35)12-21(34)13-28(31)44-16-17(2)42)22-7-6-8-23(22)32(37-33)19-9-10-20-15-41(4)40-26(20)11-19/h5,9-15,17-18,42H,1,6-8,16H2,2-4H3,(H,36,43)(H,38,39)/t17-,18+/m1/s1. The Morgan fingerprint density at radius 3 is 2.73 bits per heavy atom. The average Bonchev–Trinajstić information content (AvgIpc) is 3.74. The second kappa shape index (κ2) is 11.6. The summed E-state index contributed by atoms with van der Waals surface area (Å²) in [6, 6.07) is 9.24. The van der Waals surface area contributed by atoms with Crippen LogP contribution in [0.15, 0.2) is 55.3 Å². The van der Waals surface area contributed by atoms with Crippen molar-refractivity contribution in [3.63, 3.8) is 0 Å². The molecule has 0 saturated heterocycles. The fourth-order valence-electron chi connectivity index (χ4n) is 5.79. The fraction of sp³-hybridized carbons (Fsp3) is 0.273. The first kappa shape index (κ1) is 29.2. The van der Waals surface area contributed by atoms with E-state index < -0.39 is 23.8 Å². The first-order valence-electron chi connectivity index (χ1n) is 14.4. The molecular weight excluding hydrogens is 566 g/mol. The Kier molecular flexibility index (Phi) is 7.73. The van der Waals surface area contributed by atoms with Crippen molar-refractivity contribution >= 4 is 16.8 Å². The maximum absolute atomic E-state index is 15.9. The largest absolute Gasteiger partial charge is 0.490 e. The number of nitrogens with zero attached hydrogens (tertiary/aromatic N) is 4. The van der Waals surface area contributed by atoms with Crippen LogP contribution in [0.2, 0.25) is 0 Å². The van der Waals surface area contributed by atoms with Gasteiger partial charge in [-0.15, -0.1) is 0 Å². The summed E-state index contributed by atoms with van der Waals surface area (Å²) >= 11 is 0. The Bertz CT molecular complexity index is 1910. The van der Waals surface area contributed by atoms with Gasteiger partial charge in [-0.3, -0.25) is 14.6 Å². The number of nitrogens with one attached hydrogen (secondary N) is 2. The lowest BCUT2D eigenvalue weighted by Crippen LogP contribution is -2.24. The molecule has 226 valence electrons. The number of aromatic amines is 1. The zero-order valence-electron chi connectivity index (χ0n) is 24.6. The Balaban J connectivity index is 1.60. The normalized spacial score (nSPS) is 14.0. The zero-order valence-corrected chi connectivity index (χ0v) is 24.6. The lowest BCUT2D eigenvalue weighted by Gasteiger charge is -2.20. The van der Waals surface area contributed by atoms with Crippen molar-refractivity contribution in [2.45, 2.75) is 45.3 Å². The summed E-state index contributed by atoms with van der Waals surface area (Å²) in [5.41, 5.74) is 6.14. The van der Waals surface area contributed by atoms with Gasteiger partial charge in [0.2, 0.25) is 5.91 Å². The van der Waals surface area contributed by atoms with Crippen molar-refractivity contribution in [1.29, 1.82) is 0 Å². The number of aliphatic hydroxyl groups is 1. The first-order chi connectivity index (χ1) is 21.1. The number of H-pyrrole nitrogens is 1. The average molecular weight is 599 g/mol. The highest BCUT2D eigenvalue weighted by atomic mass is 19.1. The van der Waals surface area contributed by atoms with Gasteiger partial charge in [0.25, 0.3) is 0 Å². The van der Waals surface area contributed by atoms with E-state index >= 15 is 4.39 Å². The Hall–Kier alpha value is -4.90. The molecular formula is C33H32F2N6O3. The van der Waals surface area contributed by atoms with E-state index in [4.69, 9.17) is 9.72 Å². The Morgan fingerprint density at radius 2 is 1.95 bits per heavy atom. The molecule has 11 heteroatoms. The second-order valence-electron chi connectivity index (χ2n) is 11.1. The van der Waals surface area contributed by atoms with Crippen LogP contribution in [0, 0.1) is 11.6 Å². The maximum Gasteiger partial charge on any atom is 0.243 e. The van der Waals surface area contributed by atoms with E-state index in [2.05, 4.69) is 27.2 Å². The fourth-order valence-corrected chi connectivity index (χ4v) is 5.79. The predicted molar refractivity (Wildman–Crippen MR) is 163 cm³/mol. The van der Waals surface area contributed by atoms with Crippen molar-refractivity contribution in [3.05, 3.63) is 83.7 Å². The number of halogens is 2. The van der Waals surface area contributed by atoms with Crippen molar-refractivity contribution < 1.29 is 23.4 Å². The van der Waals surface area contributed by atoms with Gasteiger partial charge in [0, 0.05) is 41.9 Å². The Labute approximate surface area is 252 Å². The number of hydrogen-bond donors (Lipinski definition) is 3. The number of fused-ring (bicyclic) bond motifs is 2. The van der Waals surface area contributed by atoms with Gasteiger partial charge in [0.15, 0.2) is 0 Å². The number of aryl methyl sites for hydroxylation is 1. The highest BCUT2D eigenvalue weighted by molar-refractivity contribution is 5.91. The molecule has 0 radical (unpaired) electrons. The summed E-state index contributed by atoms with van der Waals surface area (Å²) in [4.78, 5) is 17.1. The monoisotopic (exact) mass is 598 g/mol. The molecule has 1 aliphatic carbocycles. The summed E-state index contributed by atoms with van der Waals surface area (Å²) in [7, 11) is 1.87. The third-order valence-corrected chi connectivity index (χ3v) is 7.76. The van der Waals surface area contributed by atoms with Crippen LogP contribution >= 0.6 is 0 Å². The molecule has 44 heavy (non-hydrogen) atoms. The van der Waals surface area contributed by atoms with Gasteiger partial charge in [-0.05, 0) is 62.4 Å². The van der Waals surface area contributed by atoms with Crippen LogP contribution < -0.4 is 10.1 Å². The molecule has 0 unspecified atom stereocenters. The third-order valence-electron chi connectivity index (χ3n) is 7.76. The molecule has 0 spiro atoms. The van der Waals surface area contributed by atoms with Crippen molar-refractivity contribution in [2.24, 2.45) is 7.05 Å². The maximum atomic E-state index is 15.9. The minimum atomic E-state index is -0.859. The Morgan fingerprint density at radius 1 is 1.16 bits per heavy atom. The number of carbonyl (C=O) groups excluding carboxylic acids is 1. The molecule has 5 aromatic rings. The highest BCUT2D eigenvalue weighted by Crippen LogP contribution is 2.47. The third kappa shape index (κ3) is 5.46. The van der Waals surface area contributed by atoms with E-state index in [1.807, 2.05) is 31.4 Å². The van der Waals surface area contributed by atoms with Gasteiger partial charge in [-0.1, -0.05) is 18.7 Å². The molecule has 3 N–H and O–H groups in total. The number of carbonyl (C=O) groups is 1. The predicted octanol–water partition coefficient (Wildman–Crippen LogP) is 5.58. The molecule has 0 aliphatic heterocycles. The molecule has 3 heterocycles. The summed E-state index contributed by atoms with van der Waals surface area (Å²) < 4.78 is 37.9. The van der Waals surface area contributed by atoms with Crippen LogP contribution in [-0.2, 0) is 24.7 Å². The number of benzene rings is 2. The van der Waals surface area contributed by atoms with Crippen molar-refractivity contribution in [3.8, 4) is 39.5 Å². The SMILES string of the molecule is C=CC(=O)N[C@@H](C)c1cc(-c2nc(-c3ccc4cn(C)nc4c3)c3c(c2-c2c(F)cc(F)cc2OC[C@@H](C)O)CCC3)n[nH]1. The number of pyridine rings is 1. The van der Waals surface area contributed by atoms with Gasteiger partial charge in [0.1, 0.15) is 29.7 Å². The molecule has 0 saturated carbocycles. The topological polar surface area (TPSA) is 118 Å². The van der Waals surface area contributed by atoms with Crippen LogP contribution in [0.25, 0.3) is 44.7 Å². The molecule has 9 nitrogen and oxygen atoms in total. The van der Waals surface area contributed by atoms with Gasteiger partial charge >= 0.3 is 0 Å². The molecule has 1 amide bonds.